The number of H-pyrrole nitrogens is 1. The van der Waals surface area contributed by atoms with Crippen molar-refractivity contribution < 1.29 is 4.74 Å². The fraction of sp³-hybridized carbons (Fsp3) is 0.0714. The summed E-state index contributed by atoms with van der Waals surface area (Å²) in [6, 6.07) is 15.7. The molecule has 0 saturated carbocycles. The minimum absolute atomic E-state index is 0.812. The molecule has 1 heterocycles. The molecule has 2 aromatic carbocycles. The molecule has 0 spiro atoms. The van der Waals surface area contributed by atoms with Gasteiger partial charge in [0.2, 0.25) is 0 Å². The van der Waals surface area contributed by atoms with E-state index in [9.17, 15) is 0 Å². The predicted molar refractivity (Wildman–Crippen MR) is 67.3 cm³/mol. The average Bonchev–Trinajstić information content (AvgIpc) is 2.72. The third-order valence-corrected chi connectivity index (χ3v) is 2.70. The van der Waals surface area contributed by atoms with Crippen LogP contribution in [0.1, 0.15) is 5.69 Å². The summed E-state index contributed by atoms with van der Waals surface area (Å²) in [5, 5.41) is 8.28. The second-order valence-electron chi connectivity index (χ2n) is 3.93. The lowest BCUT2D eigenvalue weighted by Crippen LogP contribution is -1.83. The van der Waals surface area contributed by atoms with Crippen LogP contribution in [0.3, 0.4) is 0 Å². The molecule has 1 aromatic heterocycles. The minimum atomic E-state index is 0.812. The van der Waals surface area contributed by atoms with Gasteiger partial charge in [-0.3, -0.25) is 5.10 Å². The van der Waals surface area contributed by atoms with E-state index >= 15 is 0 Å². The van der Waals surface area contributed by atoms with Crippen LogP contribution in [0.4, 0.5) is 0 Å². The number of fused-ring (bicyclic) bond motifs is 1. The molecule has 17 heavy (non-hydrogen) atoms. The Kier molecular flexibility index (Phi) is 2.29. The highest BCUT2D eigenvalue weighted by atomic mass is 16.5. The van der Waals surface area contributed by atoms with Crippen LogP contribution >= 0.6 is 0 Å². The van der Waals surface area contributed by atoms with Crippen LogP contribution in [0, 0.1) is 6.92 Å². The first-order valence-corrected chi connectivity index (χ1v) is 5.50. The smallest absolute Gasteiger partial charge is 0.129 e. The quantitative estimate of drug-likeness (QED) is 0.721. The maximum Gasteiger partial charge on any atom is 0.129 e. The molecule has 0 atom stereocenters. The number of ether oxygens (including phenoxy) is 1. The molecule has 3 aromatic rings. The molecule has 3 rings (SSSR count). The number of aromatic nitrogens is 2. The number of rotatable bonds is 2. The van der Waals surface area contributed by atoms with Crippen molar-refractivity contribution in [1.82, 2.24) is 10.2 Å². The molecular formula is C14H12N2O. The number of nitrogens with zero attached hydrogens (tertiary/aromatic N) is 1. The van der Waals surface area contributed by atoms with Gasteiger partial charge in [0.15, 0.2) is 0 Å². The number of aryl methyl sites for hydroxylation is 1. The minimum Gasteiger partial charge on any atom is -0.457 e. The molecule has 84 valence electrons. The molecule has 0 unspecified atom stereocenters. The van der Waals surface area contributed by atoms with Crippen LogP contribution < -0.4 is 4.74 Å². The van der Waals surface area contributed by atoms with Crippen LogP contribution in [-0.4, -0.2) is 10.2 Å². The molecule has 3 nitrogen and oxygen atoms in total. The van der Waals surface area contributed by atoms with Crippen LogP contribution in [0.2, 0.25) is 0 Å². The van der Waals surface area contributed by atoms with Crippen molar-refractivity contribution >= 4 is 10.9 Å². The molecule has 0 aliphatic carbocycles. The Bertz CT molecular complexity index is 644. The highest BCUT2D eigenvalue weighted by Crippen LogP contribution is 2.25. The van der Waals surface area contributed by atoms with Crippen molar-refractivity contribution in [2.45, 2.75) is 6.92 Å². The Labute approximate surface area is 99.0 Å². The first kappa shape index (κ1) is 9.90. The zero-order valence-electron chi connectivity index (χ0n) is 9.47. The Balaban J connectivity index is 1.96. The standard InChI is InChI=1S/C14H12N2O/c1-10-13-8-7-12(9-14(13)16-15-10)17-11-5-3-2-4-6-11/h2-9H,1H3,(H,15,16). The molecule has 0 aliphatic rings. The number of hydrogen-bond donors (Lipinski definition) is 1. The van der Waals surface area contributed by atoms with Gasteiger partial charge < -0.3 is 4.74 Å². The number of para-hydroxylation sites is 1. The highest BCUT2D eigenvalue weighted by molar-refractivity contribution is 5.82. The van der Waals surface area contributed by atoms with E-state index in [-0.39, 0.29) is 0 Å². The largest absolute Gasteiger partial charge is 0.457 e. The molecule has 0 bridgehead atoms. The molecule has 3 heteroatoms. The van der Waals surface area contributed by atoms with Crippen LogP contribution in [0.5, 0.6) is 11.5 Å². The lowest BCUT2D eigenvalue weighted by Gasteiger charge is -2.04. The summed E-state index contributed by atoms with van der Waals surface area (Å²) < 4.78 is 5.75. The van der Waals surface area contributed by atoms with Crippen molar-refractivity contribution in [1.29, 1.82) is 0 Å². The third kappa shape index (κ3) is 1.87. The van der Waals surface area contributed by atoms with Gasteiger partial charge in [0.25, 0.3) is 0 Å². The number of aromatic amines is 1. The predicted octanol–water partition coefficient (Wildman–Crippen LogP) is 3.66. The Morgan fingerprint density at radius 3 is 2.65 bits per heavy atom. The van der Waals surface area contributed by atoms with Gasteiger partial charge in [-0.15, -0.1) is 0 Å². The van der Waals surface area contributed by atoms with E-state index in [0.717, 1.165) is 28.1 Å². The Hall–Kier alpha value is -2.29. The summed E-state index contributed by atoms with van der Waals surface area (Å²) in [6.45, 7) is 1.98. The summed E-state index contributed by atoms with van der Waals surface area (Å²) in [5.74, 6) is 1.65. The van der Waals surface area contributed by atoms with Crippen LogP contribution in [-0.2, 0) is 0 Å². The molecule has 0 saturated heterocycles. The fourth-order valence-electron chi connectivity index (χ4n) is 1.82. The van der Waals surface area contributed by atoms with Gasteiger partial charge in [0, 0.05) is 11.5 Å². The van der Waals surface area contributed by atoms with Crippen LogP contribution in [0.15, 0.2) is 48.5 Å². The zero-order chi connectivity index (χ0) is 11.7. The topological polar surface area (TPSA) is 37.9 Å². The second kappa shape index (κ2) is 3.94. The van der Waals surface area contributed by atoms with Crippen LogP contribution in [0.25, 0.3) is 10.9 Å². The van der Waals surface area contributed by atoms with Crippen molar-refractivity contribution in [3.05, 3.63) is 54.2 Å². The van der Waals surface area contributed by atoms with Crippen molar-refractivity contribution in [2.24, 2.45) is 0 Å². The molecule has 1 N–H and O–H groups in total. The van der Waals surface area contributed by atoms with E-state index < -0.39 is 0 Å². The maximum absolute atomic E-state index is 5.75. The Morgan fingerprint density at radius 1 is 1.00 bits per heavy atom. The number of nitrogens with one attached hydrogen (secondary N) is 1. The normalized spacial score (nSPS) is 10.6. The third-order valence-electron chi connectivity index (χ3n) is 2.70. The molecule has 0 fully saturated rings. The van der Waals surface area contributed by atoms with Crippen molar-refractivity contribution in [3.63, 3.8) is 0 Å². The van der Waals surface area contributed by atoms with Gasteiger partial charge in [0.1, 0.15) is 11.5 Å². The summed E-state index contributed by atoms with van der Waals surface area (Å²) in [4.78, 5) is 0. The molecule has 0 aliphatic heterocycles. The van der Waals surface area contributed by atoms with E-state index in [0.29, 0.717) is 0 Å². The number of hydrogen-bond acceptors (Lipinski definition) is 2. The van der Waals surface area contributed by atoms with E-state index in [2.05, 4.69) is 10.2 Å². The fourth-order valence-corrected chi connectivity index (χ4v) is 1.82. The Morgan fingerprint density at radius 2 is 1.82 bits per heavy atom. The molecule has 0 amide bonds. The summed E-state index contributed by atoms with van der Waals surface area (Å²) in [6.07, 6.45) is 0. The zero-order valence-corrected chi connectivity index (χ0v) is 9.47. The van der Waals surface area contributed by atoms with E-state index in [1.54, 1.807) is 0 Å². The van der Waals surface area contributed by atoms with E-state index in [1.165, 1.54) is 0 Å². The lowest BCUT2D eigenvalue weighted by atomic mass is 10.2. The van der Waals surface area contributed by atoms with Crippen molar-refractivity contribution in [2.75, 3.05) is 0 Å². The second-order valence-corrected chi connectivity index (χ2v) is 3.93. The number of benzene rings is 2. The SMILES string of the molecule is Cc1n[nH]c2cc(Oc3ccccc3)ccc12. The first-order chi connectivity index (χ1) is 8.33. The monoisotopic (exact) mass is 224 g/mol. The van der Waals surface area contributed by atoms with Gasteiger partial charge >= 0.3 is 0 Å². The van der Waals surface area contributed by atoms with Gasteiger partial charge in [-0.05, 0) is 31.2 Å². The van der Waals surface area contributed by atoms with Gasteiger partial charge in [0.05, 0.1) is 11.2 Å². The molecular weight excluding hydrogens is 212 g/mol. The van der Waals surface area contributed by atoms with E-state index in [4.69, 9.17) is 4.74 Å². The lowest BCUT2D eigenvalue weighted by molar-refractivity contribution is 0.483. The van der Waals surface area contributed by atoms with Gasteiger partial charge in [-0.2, -0.15) is 5.10 Å². The summed E-state index contributed by atoms with van der Waals surface area (Å²) in [7, 11) is 0. The van der Waals surface area contributed by atoms with Crippen molar-refractivity contribution in [3.8, 4) is 11.5 Å². The average molecular weight is 224 g/mol. The van der Waals surface area contributed by atoms with E-state index in [1.807, 2.05) is 55.5 Å². The molecule has 0 radical (unpaired) electrons. The first-order valence-electron chi connectivity index (χ1n) is 5.50. The highest BCUT2D eigenvalue weighted by Gasteiger charge is 2.03. The summed E-state index contributed by atoms with van der Waals surface area (Å²) >= 11 is 0. The maximum atomic E-state index is 5.75. The van der Waals surface area contributed by atoms with Gasteiger partial charge in [-0.25, -0.2) is 0 Å². The van der Waals surface area contributed by atoms with Gasteiger partial charge in [-0.1, -0.05) is 18.2 Å². The summed E-state index contributed by atoms with van der Waals surface area (Å²) in [5.41, 5.74) is 2.00.